The third kappa shape index (κ3) is 8.76. The predicted molar refractivity (Wildman–Crippen MR) is 90.7 cm³/mol. The van der Waals surface area contributed by atoms with Crippen molar-refractivity contribution in [1.29, 1.82) is 0 Å². The Bertz CT molecular complexity index is 532. The second kappa shape index (κ2) is 11.4. The Morgan fingerprint density at radius 3 is 2.39 bits per heavy atom. The third-order valence-corrected chi connectivity index (χ3v) is 3.05. The molecule has 4 nitrogen and oxygen atoms in total. The molecule has 124 valence electrons. The van der Waals surface area contributed by atoms with E-state index < -0.39 is 12.2 Å². The summed E-state index contributed by atoms with van der Waals surface area (Å²) in [7, 11) is 0. The molecule has 2 unspecified atom stereocenters. The van der Waals surface area contributed by atoms with Crippen LogP contribution in [0, 0.1) is 0 Å². The van der Waals surface area contributed by atoms with Gasteiger partial charge in [0.2, 0.25) is 0 Å². The minimum absolute atomic E-state index is 0.201. The number of carbonyl (C=O) groups is 1. The Kier molecular flexibility index (Phi) is 9.36. The van der Waals surface area contributed by atoms with Gasteiger partial charge < -0.3 is 14.9 Å². The summed E-state index contributed by atoms with van der Waals surface area (Å²) < 4.78 is 4.79. The maximum atomic E-state index is 11.1. The smallest absolute Gasteiger partial charge is 0.305 e. The van der Waals surface area contributed by atoms with Crippen LogP contribution < -0.4 is 0 Å². The summed E-state index contributed by atoms with van der Waals surface area (Å²) in [5.74, 6) is -0.298. The highest BCUT2D eigenvalue weighted by Crippen LogP contribution is 2.12. The van der Waals surface area contributed by atoms with Crippen molar-refractivity contribution in [3.05, 3.63) is 72.4 Å². The van der Waals surface area contributed by atoms with E-state index in [9.17, 15) is 15.0 Å². The Hall–Kier alpha value is -2.17. The number of ether oxygens (including phenoxy) is 1. The van der Waals surface area contributed by atoms with Crippen LogP contribution in [-0.2, 0) is 9.53 Å². The van der Waals surface area contributed by atoms with Crippen LogP contribution in [0.1, 0.15) is 31.4 Å². The van der Waals surface area contributed by atoms with E-state index >= 15 is 0 Å². The summed E-state index contributed by atoms with van der Waals surface area (Å²) in [4.78, 5) is 11.1. The number of hydrogen-bond acceptors (Lipinski definition) is 4. The molecule has 0 spiro atoms. The second-order valence-electron chi connectivity index (χ2n) is 4.92. The van der Waals surface area contributed by atoms with Crippen molar-refractivity contribution >= 4 is 5.97 Å². The number of benzene rings is 1. The summed E-state index contributed by atoms with van der Waals surface area (Å²) in [5.41, 5.74) is 0.835. The van der Waals surface area contributed by atoms with E-state index in [2.05, 4.69) is 0 Å². The lowest BCUT2D eigenvalue weighted by Crippen LogP contribution is -2.09. The first kappa shape index (κ1) is 18.9. The van der Waals surface area contributed by atoms with Gasteiger partial charge in [-0.2, -0.15) is 0 Å². The summed E-state index contributed by atoms with van der Waals surface area (Å²) >= 11 is 0. The van der Waals surface area contributed by atoms with Gasteiger partial charge in [0.25, 0.3) is 0 Å². The molecule has 0 saturated heterocycles. The van der Waals surface area contributed by atoms with Crippen molar-refractivity contribution < 1.29 is 19.7 Å². The molecule has 1 aromatic carbocycles. The Labute approximate surface area is 137 Å². The van der Waals surface area contributed by atoms with Crippen molar-refractivity contribution in [3.8, 4) is 0 Å². The second-order valence-corrected chi connectivity index (χ2v) is 4.92. The molecule has 4 heteroatoms. The highest BCUT2D eigenvalue weighted by molar-refractivity contribution is 5.69. The fourth-order valence-corrected chi connectivity index (χ4v) is 1.85. The largest absolute Gasteiger partial charge is 0.466 e. The highest BCUT2D eigenvalue weighted by atomic mass is 16.5. The fraction of sp³-hybridized carbons (Fsp3) is 0.316. The van der Waals surface area contributed by atoms with Crippen LogP contribution in [0.4, 0.5) is 0 Å². The normalized spacial score (nSPS) is 14.6. The van der Waals surface area contributed by atoms with E-state index in [1.54, 1.807) is 43.4 Å². The number of carbonyl (C=O) groups excluding carboxylic acids is 1. The summed E-state index contributed by atoms with van der Waals surface area (Å²) in [6.45, 7) is 2.11. The quantitative estimate of drug-likeness (QED) is 0.543. The average molecular weight is 316 g/mol. The zero-order chi connectivity index (χ0) is 16.9. The molecule has 0 aliphatic rings. The van der Waals surface area contributed by atoms with Gasteiger partial charge in [0.1, 0.15) is 0 Å². The van der Waals surface area contributed by atoms with Crippen LogP contribution in [0.15, 0.2) is 66.8 Å². The van der Waals surface area contributed by atoms with E-state index in [0.29, 0.717) is 13.0 Å². The molecule has 0 bridgehead atoms. The van der Waals surface area contributed by atoms with Gasteiger partial charge in [0.15, 0.2) is 0 Å². The number of hydrogen-bond donors (Lipinski definition) is 2. The first-order chi connectivity index (χ1) is 11.1. The van der Waals surface area contributed by atoms with Gasteiger partial charge in [-0.05, 0) is 18.9 Å². The van der Waals surface area contributed by atoms with Crippen LogP contribution >= 0.6 is 0 Å². The minimum atomic E-state index is -0.678. The van der Waals surface area contributed by atoms with Crippen LogP contribution in [0.5, 0.6) is 0 Å². The van der Waals surface area contributed by atoms with Crippen molar-refractivity contribution in [2.24, 2.45) is 0 Å². The van der Waals surface area contributed by atoms with Crippen molar-refractivity contribution in [2.45, 2.75) is 32.0 Å². The summed E-state index contributed by atoms with van der Waals surface area (Å²) in [6, 6.07) is 9.38. The maximum Gasteiger partial charge on any atom is 0.305 e. The first-order valence-corrected chi connectivity index (χ1v) is 7.71. The van der Waals surface area contributed by atoms with Gasteiger partial charge in [-0.15, -0.1) is 0 Å². The molecule has 0 heterocycles. The van der Waals surface area contributed by atoms with E-state index in [1.807, 2.05) is 30.3 Å². The Morgan fingerprint density at radius 2 is 1.74 bits per heavy atom. The molecule has 23 heavy (non-hydrogen) atoms. The fourth-order valence-electron chi connectivity index (χ4n) is 1.85. The van der Waals surface area contributed by atoms with Gasteiger partial charge in [0.05, 0.1) is 18.8 Å². The zero-order valence-electron chi connectivity index (χ0n) is 13.3. The molecule has 1 rings (SSSR count). The molecule has 0 saturated carbocycles. The summed E-state index contributed by atoms with van der Waals surface area (Å²) in [6.07, 6.45) is 9.47. The zero-order valence-corrected chi connectivity index (χ0v) is 13.3. The highest BCUT2D eigenvalue weighted by Gasteiger charge is 2.05. The van der Waals surface area contributed by atoms with E-state index in [1.165, 1.54) is 0 Å². The lowest BCUT2D eigenvalue weighted by atomic mass is 10.1. The molecular weight excluding hydrogens is 292 g/mol. The van der Waals surface area contributed by atoms with Gasteiger partial charge in [-0.3, -0.25) is 4.79 Å². The van der Waals surface area contributed by atoms with E-state index in [0.717, 1.165) is 5.56 Å². The van der Waals surface area contributed by atoms with Crippen LogP contribution in [0.25, 0.3) is 0 Å². The van der Waals surface area contributed by atoms with Crippen LogP contribution in [-0.4, -0.2) is 28.9 Å². The van der Waals surface area contributed by atoms with Gasteiger partial charge in [0, 0.05) is 6.42 Å². The third-order valence-electron chi connectivity index (χ3n) is 3.05. The van der Waals surface area contributed by atoms with Crippen molar-refractivity contribution in [3.63, 3.8) is 0 Å². The molecule has 0 aromatic heterocycles. The van der Waals surface area contributed by atoms with Gasteiger partial charge in [-0.25, -0.2) is 0 Å². The number of rotatable bonds is 9. The van der Waals surface area contributed by atoms with Crippen LogP contribution in [0.3, 0.4) is 0 Å². The van der Waals surface area contributed by atoms with Crippen molar-refractivity contribution in [1.82, 2.24) is 0 Å². The molecule has 0 radical (unpaired) electrons. The standard InChI is InChI=1S/C19H24O4/c1-2-23-19(22)15-14-17(20)12-8-3-4-9-13-18(21)16-10-6-5-7-11-16/h3-13,17-18,20-21H,2,14-15H2,1H3. The monoisotopic (exact) mass is 316 g/mol. The molecule has 2 N–H and O–H groups in total. The maximum absolute atomic E-state index is 11.1. The lowest BCUT2D eigenvalue weighted by Gasteiger charge is -2.04. The molecular formula is C19H24O4. The van der Waals surface area contributed by atoms with E-state index in [-0.39, 0.29) is 12.4 Å². The van der Waals surface area contributed by atoms with E-state index in [4.69, 9.17) is 4.74 Å². The van der Waals surface area contributed by atoms with Crippen molar-refractivity contribution in [2.75, 3.05) is 6.61 Å². The number of esters is 1. The number of aliphatic hydroxyl groups is 2. The summed E-state index contributed by atoms with van der Waals surface area (Å²) in [5, 5.41) is 19.6. The molecule has 0 amide bonds. The number of aliphatic hydroxyl groups excluding tert-OH is 2. The number of allylic oxidation sites excluding steroid dienone is 4. The average Bonchev–Trinajstić information content (AvgIpc) is 2.57. The molecule has 2 atom stereocenters. The Morgan fingerprint density at radius 1 is 1.09 bits per heavy atom. The minimum Gasteiger partial charge on any atom is -0.466 e. The first-order valence-electron chi connectivity index (χ1n) is 7.71. The molecule has 0 fully saturated rings. The Balaban J connectivity index is 2.29. The lowest BCUT2D eigenvalue weighted by molar-refractivity contribution is -0.143. The topological polar surface area (TPSA) is 66.8 Å². The molecule has 1 aromatic rings. The molecule has 0 aliphatic heterocycles. The predicted octanol–water partition coefficient (Wildman–Crippen LogP) is 3.09. The SMILES string of the molecule is CCOC(=O)CCC(O)C=CC=CC=CC(O)c1ccccc1. The molecule has 0 aliphatic carbocycles. The van der Waals surface area contributed by atoms with Gasteiger partial charge in [-0.1, -0.05) is 66.8 Å². The van der Waals surface area contributed by atoms with Gasteiger partial charge >= 0.3 is 5.97 Å². The van der Waals surface area contributed by atoms with Crippen LogP contribution in [0.2, 0.25) is 0 Å².